The molecule has 3 aromatic rings. The van der Waals surface area contributed by atoms with Gasteiger partial charge in [0.25, 0.3) is 0 Å². The van der Waals surface area contributed by atoms with E-state index in [0.29, 0.717) is 10.6 Å². The van der Waals surface area contributed by atoms with Crippen LogP contribution in [0.2, 0.25) is 15.1 Å². The third-order valence-electron chi connectivity index (χ3n) is 7.34. The van der Waals surface area contributed by atoms with Gasteiger partial charge in [-0.05, 0) is 48.2 Å². The minimum atomic E-state index is -3.95. The van der Waals surface area contributed by atoms with Crippen LogP contribution in [0.15, 0.2) is 72.8 Å². The zero-order valence-corrected chi connectivity index (χ0v) is 26.4. The number of hydrogen-bond donors (Lipinski definition) is 1. The van der Waals surface area contributed by atoms with Crippen molar-refractivity contribution in [1.82, 2.24) is 10.2 Å². The van der Waals surface area contributed by atoms with E-state index in [1.807, 2.05) is 30.3 Å². The first kappa shape index (κ1) is 32.1. The molecule has 0 unspecified atom stereocenters. The number of sulfonamides is 1. The Balaban J connectivity index is 1.74. The molecule has 3 aromatic carbocycles. The molecule has 224 valence electrons. The predicted octanol–water partition coefficient (Wildman–Crippen LogP) is 6.50. The van der Waals surface area contributed by atoms with Gasteiger partial charge in [0, 0.05) is 34.1 Å². The topological polar surface area (TPSA) is 86.8 Å². The van der Waals surface area contributed by atoms with E-state index in [-0.39, 0.29) is 40.6 Å². The molecule has 1 aliphatic carbocycles. The number of anilines is 1. The summed E-state index contributed by atoms with van der Waals surface area (Å²) in [5, 5.41) is 4.05. The van der Waals surface area contributed by atoms with Gasteiger partial charge >= 0.3 is 0 Å². The number of carbonyl (C=O) groups is 2. The molecule has 0 spiro atoms. The van der Waals surface area contributed by atoms with Crippen LogP contribution < -0.4 is 9.62 Å². The Labute approximate surface area is 262 Å². The molecule has 1 N–H and O–H groups in total. The van der Waals surface area contributed by atoms with Crippen LogP contribution in [0.1, 0.15) is 43.2 Å². The van der Waals surface area contributed by atoms with Crippen LogP contribution in [0.4, 0.5) is 5.69 Å². The summed E-state index contributed by atoms with van der Waals surface area (Å²) in [5.41, 5.74) is 1.64. The van der Waals surface area contributed by atoms with Crippen molar-refractivity contribution in [2.24, 2.45) is 0 Å². The summed E-state index contributed by atoms with van der Waals surface area (Å²) in [6.07, 6.45) is 6.18. The van der Waals surface area contributed by atoms with Crippen LogP contribution in [0, 0.1) is 0 Å². The second-order valence-electron chi connectivity index (χ2n) is 10.6. The van der Waals surface area contributed by atoms with Gasteiger partial charge in [-0.15, -0.1) is 0 Å². The van der Waals surface area contributed by atoms with Gasteiger partial charge in [0.05, 0.1) is 11.9 Å². The molecule has 7 nitrogen and oxygen atoms in total. The fourth-order valence-corrected chi connectivity index (χ4v) is 6.75. The summed E-state index contributed by atoms with van der Waals surface area (Å²) in [5.74, 6) is -0.862. The second kappa shape index (κ2) is 14.6. The van der Waals surface area contributed by atoms with E-state index in [1.54, 1.807) is 24.3 Å². The Morgan fingerprint density at radius 2 is 1.52 bits per heavy atom. The summed E-state index contributed by atoms with van der Waals surface area (Å²) < 4.78 is 26.9. The van der Waals surface area contributed by atoms with Crippen molar-refractivity contribution in [3.63, 3.8) is 0 Å². The molecule has 0 heterocycles. The van der Waals surface area contributed by atoms with Gasteiger partial charge in [-0.1, -0.05) is 103 Å². The highest BCUT2D eigenvalue weighted by Gasteiger charge is 2.34. The first-order valence-electron chi connectivity index (χ1n) is 13.8. The Bertz CT molecular complexity index is 1480. The predicted molar refractivity (Wildman–Crippen MR) is 170 cm³/mol. The van der Waals surface area contributed by atoms with Crippen molar-refractivity contribution in [3.8, 4) is 0 Å². The zero-order valence-electron chi connectivity index (χ0n) is 23.3. The summed E-state index contributed by atoms with van der Waals surface area (Å²) in [4.78, 5) is 29.6. The van der Waals surface area contributed by atoms with Crippen LogP contribution >= 0.6 is 34.8 Å². The van der Waals surface area contributed by atoms with E-state index in [0.717, 1.165) is 48.2 Å². The highest BCUT2D eigenvalue weighted by Crippen LogP contribution is 2.28. The van der Waals surface area contributed by atoms with Crippen LogP contribution in [-0.2, 0) is 32.6 Å². The van der Waals surface area contributed by atoms with Gasteiger partial charge in [0.1, 0.15) is 12.6 Å². The molecule has 1 saturated carbocycles. The lowest BCUT2D eigenvalue weighted by atomic mass is 9.94. The average molecular weight is 651 g/mol. The maximum atomic E-state index is 14.2. The third-order valence-corrected chi connectivity index (χ3v) is 9.28. The van der Waals surface area contributed by atoms with Crippen LogP contribution in [0.3, 0.4) is 0 Å². The van der Waals surface area contributed by atoms with Crippen molar-refractivity contribution in [1.29, 1.82) is 0 Å². The zero-order chi connectivity index (χ0) is 30.3. The smallest absolute Gasteiger partial charge is 0.244 e. The first-order valence-corrected chi connectivity index (χ1v) is 16.8. The molecule has 4 rings (SSSR count). The lowest BCUT2D eigenvalue weighted by Gasteiger charge is -2.35. The normalized spacial score (nSPS) is 14.7. The van der Waals surface area contributed by atoms with Gasteiger partial charge in [-0.25, -0.2) is 8.42 Å². The maximum absolute atomic E-state index is 14.2. The summed E-state index contributed by atoms with van der Waals surface area (Å²) >= 11 is 18.9. The number of nitrogens with zero attached hydrogens (tertiary/aromatic N) is 2. The molecular formula is C31H34Cl3N3O4S. The number of hydrogen-bond acceptors (Lipinski definition) is 4. The number of amides is 2. The van der Waals surface area contributed by atoms with Crippen molar-refractivity contribution >= 4 is 62.3 Å². The molecular weight excluding hydrogens is 617 g/mol. The van der Waals surface area contributed by atoms with E-state index >= 15 is 0 Å². The minimum Gasteiger partial charge on any atom is -0.352 e. The SMILES string of the molecule is CS(=O)(=O)N(CC(=O)N(Cc1ccccc1Cl)[C@@H](Cc1ccccc1)C(=O)NC1CCCCC1)c1cc(Cl)cc(Cl)c1. The second-order valence-corrected chi connectivity index (χ2v) is 13.7. The van der Waals surface area contributed by atoms with E-state index in [9.17, 15) is 18.0 Å². The lowest BCUT2D eigenvalue weighted by Crippen LogP contribution is -2.55. The number of carbonyl (C=O) groups excluding carboxylic acids is 2. The van der Waals surface area contributed by atoms with Crippen molar-refractivity contribution < 1.29 is 18.0 Å². The molecule has 0 bridgehead atoms. The van der Waals surface area contributed by atoms with Gasteiger partial charge in [-0.3, -0.25) is 13.9 Å². The molecule has 0 aromatic heterocycles. The number of halogens is 3. The van der Waals surface area contributed by atoms with Gasteiger partial charge in [0.2, 0.25) is 21.8 Å². The fraction of sp³-hybridized carbons (Fsp3) is 0.355. The Kier molecular flexibility index (Phi) is 11.2. The Hall–Kier alpha value is -2.78. The van der Waals surface area contributed by atoms with E-state index < -0.39 is 28.5 Å². The molecule has 1 fully saturated rings. The molecule has 0 aliphatic heterocycles. The Morgan fingerprint density at radius 3 is 2.14 bits per heavy atom. The molecule has 1 aliphatic rings. The van der Waals surface area contributed by atoms with Crippen molar-refractivity contribution in [3.05, 3.63) is 99.0 Å². The molecule has 42 heavy (non-hydrogen) atoms. The van der Waals surface area contributed by atoms with Crippen LogP contribution in [0.5, 0.6) is 0 Å². The van der Waals surface area contributed by atoms with Gasteiger partial charge in [-0.2, -0.15) is 0 Å². The quantitative estimate of drug-likeness (QED) is 0.257. The maximum Gasteiger partial charge on any atom is 0.244 e. The van der Waals surface area contributed by atoms with Crippen molar-refractivity contribution in [2.45, 2.75) is 57.2 Å². The van der Waals surface area contributed by atoms with Crippen LogP contribution in [0.25, 0.3) is 0 Å². The number of rotatable bonds is 11. The Morgan fingerprint density at radius 1 is 0.905 bits per heavy atom. The number of benzene rings is 3. The molecule has 0 saturated heterocycles. The molecule has 2 amide bonds. The highest BCUT2D eigenvalue weighted by molar-refractivity contribution is 7.92. The average Bonchev–Trinajstić information content (AvgIpc) is 2.94. The van der Waals surface area contributed by atoms with E-state index in [2.05, 4.69) is 5.32 Å². The van der Waals surface area contributed by atoms with Crippen molar-refractivity contribution in [2.75, 3.05) is 17.1 Å². The standard InChI is InChI=1S/C31H34Cl3N3O4S/c1-42(40,41)37(27-18-24(32)17-25(33)19-27)21-30(38)36(20-23-12-8-9-15-28(23)34)29(16-22-10-4-2-5-11-22)31(39)35-26-13-6-3-7-14-26/h2,4-5,8-12,15,17-19,26,29H,3,6-7,13-14,16,20-21H2,1H3,(H,35,39)/t29-/m0/s1. The largest absolute Gasteiger partial charge is 0.352 e. The van der Waals surface area contributed by atoms with E-state index in [1.165, 1.54) is 23.1 Å². The lowest BCUT2D eigenvalue weighted by molar-refractivity contribution is -0.140. The molecule has 11 heteroatoms. The van der Waals surface area contributed by atoms with Gasteiger partial charge in [0.15, 0.2) is 0 Å². The van der Waals surface area contributed by atoms with Crippen LogP contribution in [-0.4, -0.2) is 50.0 Å². The summed E-state index contributed by atoms with van der Waals surface area (Å²) in [7, 11) is -3.95. The molecule has 1 atom stereocenters. The monoisotopic (exact) mass is 649 g/mol. The molecule has 0 radical (unpaired) electrons. The fourth-order valence-electron chi connectivity index (χ4n) is 5.21. The number of nitrogens with one attached hydrogen (secondary N) is 1. The minimum absolute atomic E-state index is 0.00198. The van der Waals surface area contributed by atoms with E-state index in [4.69, 9.17) is 34.8 Å². The summed E-state index contributed by atoms with van der Waals surface area (Å²) in [6.45, 7) is -0.566. The summed E-state index contributed by atoms with van der Waals surface area (Å²) in [6, 6.07) is 19.9. The highest BCUT2D eigenvalue weighted by atomic mass is 35.5. The van der Waals surface area contributed by atoms with Gasteiger partial charge < -0.3 is 10.2 Å². The first-order chi connectivity index (χ1) is 20.0. The third kappa shape index (κ3) is 8.86.